The maximum absolute atomic E-state index is 11.8. The van der Waals surface area contributed by atoms with E-state index in [2.05, 4.69) is 16.2 Å². The van der Waals surface area contributed by atoms with Crippen molar-refractivity contribution in [1.29, 1.82) is 0 Å². The summed E-state index contributed by atoms with van der Waals surface area (Å²) >= 11 is 0. The van der Waals surface area contributed by atoms with E-state index >= 15 is 0 Å². The molecule has 1 aromatic carbocycles. The smallest absolute Gasteiger partial charge is 0.217 e. The number of carbonyl (C=O) groups is 1. The monoisotopic (exact) mass is 626 g/mol. The summed E-state index contributed by atoms with van der Waals surface area (Å²) in [7, 11) is 0. The largest absolute Gasteiger partial charge is 0.512 e. The Balaban J connectivity index is 0.000000324. The first-order valence-corrected chi connectivity index (χ1v) is 10.9. The van der Waals surface area contributed by atoms with Gasteiger partial charge >= 0.3 is 0 Å². The Morgan fingerprint density at radius 3 is 2.24 bits per heavy atom. The molecule has 6 heteroatoms. The van der Waals surface area contributed by atoms with Gasteiger partial charge in [0.25, 0.3) is 0 Å². The van der Waals surface area contributed by atoms with E-state index in [0.29, 0.717) is 11.6 Å². The predicted octanol–water partition coefficient (Wildman–Crippen LogP) is 7.09. The normalized spacial score (nSPS) is 11.8. The molecule has 0 amide bonds. The van der Waals surface area contributed by atoms with Crippen molar-refractivity contribution >= 4 is 16.6 Å². The Kier molecular flexibility index (Phi) is 10.9. The fourth-order valence-electron chi connectivity index (χ4n) is 2.47. The molecule has 3 aromatic rings. The standard InChI is InChI=1S/C14H9N2O.C13H24O2.Ir/c1-2-5-12-9-16-14(8-11(12)4-1)17-13-6-3-7-15-10-13;1-7-12(3,4)10(14)9-11(15)13(5,6)8-2;/h1-9H;9,14H,7-8H2,1-6H3;/q-1;;/b;10-9-;. The third-order valence-electron chi connectivity index (χ3n) is 5.80. The molecule has 0 aliphatic rings. The van der Waals surface area contributed by atoms with Crippen LogP contribution in [0.15, 0.2) is 66.7 Å². The summed E-state index contributed by atoms with van der Waals surface area (Å²) in [4.78, 5) is 19.9. The molecule has 2 heterocycles. The van der Waals surface area contributed by atoms with Crippen LogP contribution in [0.5, 0.6) is 11.6 Å². The van der Waals surface area contributed by atoms with Crippen molar-refractivity contribution in [2.24, 2.45) is 10.8 Å². The van der Waals surface area contributed by atoms with Crippen LogP contribution in [0.25, 0.3) is 10.8 Å². The van der Waals surface area contributed by atoms with Crippen LogP contribution in [0, 0.1) is 17.0 Å². The number of aliphatic hydroxyl groups is 1. The van der Waals surface area contributed by atoms with Crippen molar-refractivity contribution in [1.82, 2.24) is 9.97 Å². The Hall–Kier alpha value is -2.56. The van der Waals surface area contributed by atoms with Crippen LogP contribution < -0.4 is 4.74 Å². The van der Waals surface area contributed by atoms with Gasteiger partial charge in [-0.3, -0.25) is 4.79 Å². The van der Waals surface area contributed by atoms with Gasteiger partial charge in [-0.05, 0) is 24.4 Å². The minimum atomic E-state index is -0.377. The van der Waals surface area contributed by atoms with E-state index in [9.17, 15) is 9.90 Å². The van der Waals surface area contributed by atoms with Gasteiger partial charge < -0.3 is 14.8 Å². The van der Waals surface area contributed by atoms with E-state index < -0.39 is 0 Å². The van der Waals surface area contributed by atoms with Crippen LogP contribution in [0.2, 0.25) is 0 Å². The second-order valence-corrected chi connectivity index (χ2v) is 8.95. The number of hydrogen-bond donors (Lipinski definition) is 1. The zero-order chi connectivity index (χ0) is 23.8. The molecule has 5 nitrogen and oxygen atoms in total. The van der Waals surface area contributed by atoms with Crippen molar-refractivity contribution < 1.29 is 34.7 Å². The van der Waals surface area contributed by atoms with E-state index in [1.54, 1.807) is 24.5 Å². The number of ether oxygens (including phenoxy) is 1. The molecule has 0 saturated heterocycles. The van der Waals surface area contributed by atoms with Crippen LogP contribution in [0.3, 0.4) is 0 Å². The van der Waals surface area contributed by atoms with Gasteiger partial charge in [0.15, 0.2) is 5.78 Å². The van der Waals surface area contributed by atoms with Crippen molar-refractivity contribution in [3.8, 4) is 11.6 Å². The summed E-state index contributed by atoms with van der Waals surface area (Å²) in [5, 5.41) is 12.0. The van der Waals surface area contributed by atoms with Crippen LogP contribution in [0.1, 0.15) is 54.4 Å². The maximum Gasteiger partial charge on any atom is 0.217 e. The molecule has 0 aliphatic carbocycles. The third-order valence-corrected chi connectivity index (χ3v) is 5.80. The molecule has 0 atom stereocenters. The fourth-order valence-corrected chi connectivity index (χ4v) is 2.47. The summed E-state index contributed by atoms with van der Waals surface area (Å²) in [6, 6.07) is 13.5. The third kappa shape index (κ3) is 8.38. The number of aliphatic hydroxyl groups excluding tert-OH is 1. The molecule has 0 spiro atoms. The van der Waals surface area contributed by atoms with Gasteiger partial charge in [-0.2, -0.15) is 6.07 Å². The molecule has 0 fully saturated rings. The molecular weight excluding hydrogens is 593 g/mol. The van der Waals surface area contributed by atoms with Gasteiger partial charge in [0, 0.05) is 60.4 Å². The number of ketones is 1. The fraction of sp³-hybridized carbons (Fsp3) is 0.370. The molecule has 0 saturated carbocycles. The Labute approximate surface area is 210 Å². The van der Waals surface area contributed by atoms with Crippen LogP contribution >= 0.6 is 0 Å². The zero-order valence-corrected chi connectivity index (χ0v) is 22.6. The van der Waals surface area contributed by atoms with Crippen molar-refractivity contribution in [3.05, 3.63) is 72.9 Å². The molecule has 1 N–H and O–H groups in total. The second kappa shape index (κ2) is 12.6. The minimum Gasteiger partial charge on any atom is -0.512 e. The molecule has 33 heavy (non-hydrogen) atoms. The molecule has 0 bridgehead atoms. The summed E-state index contributed by atoms with van der Waals surface area (Å²) in [5.74, 6) is 1.31. The summed E-state index contributed by atoms with van der Waals surface area (Å²) in [6.07, 6.45) is 9.19. The van der Waals surface area contributed by atoms with Gasteiger partial charge in [-0.1, -0.05) is 72.0 Å². The summed E-state index contributed by atoms with van der Waals surface area (Å²) in [6.45, 7) is 11.7. The first kappa shape index (κ1) is 28.5. The van der Waals surface area contributed by atoms with Gasteiger partial charge in [-0.25, -0.2) is 4.98 Å². The van der Waals surface area contributed by atoms with Gasteiger partial charge in [0.05, 0.1) is 0 Å². The number of hydrogen-bond acceptors (Lipinski definition) is 5. The van der Waals surface area contributed by atoms with Gasteiger partial charge in [-0.15, -0.1) is 6.07 Å². The van der Waals surface area contributed by atoms with Crippen molar-refractivity contribution in [3.63, 3.8) is 0 Å². The predicted molar refractivity (Wildman–Crippen MR) is 129 cm³/mol. The molecule has 3 rings (SSSR count). The molecule has 179 valence electrons. The SMILES string of the molecule is CCC(C)(C)C(=O)/C=C(\O)C(C)(C)CC.[Ir].[c-]1ncccc1Oc1cc2ccccc2cn1. The number of fused-ring (bicyclic) bond motifs is 1. The topological polar surface area (TPSA) is 72.3 Å². The van der Waals surface area contributed by atoms with E-state index in [4.69, 9.17) is 4.74 Å². The number of benzene rings is 1. The van der Waals surface area contributed by atoms with Crippen LogP contribution in [-0.2, 0) is 24.9 Å². The summed E-state index contributed by atoms with van der Waals surface area (Å²) in [5.41, 5.74) is -0.683. The van der Waals surface area contributed by atoms with Gasteiger partial charge in [0.1, 0.15) is 5.76 Å². The Morgan fingerprint density at radius 2 is 1.67 bits per heavy atom. The number of rotatable bonds is 7. The average Bonchev–Trinajstić information content (AvgIpc) is 2.80. The van der Waals surface area contributed by atoms with E-state index in [1.165, 1.54) is 6.08 Å². The molecule has 0 aliphatic heterocycles. The van der Waals surface area contributed by atoms with E-state index in [1.807, 2.05) is 71.9 Å². The van der Waals surface area contributed by atoms with Crippen LogP contribution in [-0.4, -0.2) is 20.9 Å². The average molecular weight is 626 g/mol. The van der Waals surface area contributed by atoms with E-state index in [-0.39, 0.29) is 42.5 Å². The number of aromatic nitrogens is 2. The van der Waals surface area contributed by atoms with Gasteiger partial charge in [0.2, 0.25) is 5.88 Å². The van der Waals surface area contributed by atoms with Crippen LogP contribution in [0.4, 0.5) is 0 Å². The Morgan fingerprint density at radius 1 is 1.03 bits per heavy atom. The number of carbonyl (C=O) groups excluding carboxylic acids is 1. The van der Waals surface area contributed by atoms with Crippen molar-refractivity contribution in [2.45, 2.75) is 54.4 Å². The molecule has 2 aromatic heterocycles. The quantitative estimate of drug-likeness (QED) is 0.173. The first-order valence-electron chi connectivity index (χ1n) is 10.9. The molecular formula is C27H33IrN2O3-. The van der Waals surface area contributed by atoms with Crippen molar-refractivity contribution in [2.75, 3.05) is 0 Å². The second-order valence-electron chi connectivity index (χ2n) is 8.95. The number of allylic oxidation sites excluding steroid dienone is 2. The molecule has 1 radical (unpaired) electrons. The summed E-state index contributed by atoms with van der Waals surface area (Å²) < 4.78 is 5.56. The number of pyridine rings is 2. The maximum atomic E-state index is 11.8. The zero-order valence-electron chi connectivity index (χ0n) is 20.2. The van der Waals surface area contributed by atoms with E-state index in [0.717, 1.165) is 23.6 Å². The molecule has 0 unspecified atom stereocenters. The minimum absolute atomic E-state index is 0. The Bertz CT molecular complexity index is 1060. The number of nitrogens with zero attached hydrogens (tertiary/aromatic N) is 2. The first-order chi connectivity index (χ1) is 15.1.